The van der Waals surface area contributed by atoms with Crippen LogP contribution in [-0.2, 0) is 10.0 Å². The Morgan fingerprint density at radius 1 is 1.43 bits per heavy atom. The van der Waals surface area contributed by atoms with E-state index in [1.54, 1.807) is 24.3 Å². The third-order valence-corrected chi connectivity index (χ3v) is 2.30. The van der Waals surface area contributed by atoms with Gasteiger partial charge in [-0.15, -0.1) is 0 Å². The fraction of sp³-hybridized carbons (Fsp3) is 0.111. The number of hydrogen-bond acceptors (Lipinski definition) is 3. The molecule has 0 spiro atoms. The van der Waals surface area contributed by atoms with Crippen LogP contribution in [0.4, 0.5) is 5.69 Å². The van der Waals surface area contributed by atoms with Crippen molar-refractivity contribution in [2.24, 2.45) is 0 Å². The van der Waals surface area contributed by atoms with Crippen LogP contribution in [0.25, 0.3) is 11.0 Å². The molecular formula is C9H8NO3S. The van der Waals surface area contributed by atoms with E-state index in [4.69, 9.17) is 4.42 Å². The third kappa shape index (κ3) is 1.88. The summed E-state index contributed by atoms with van der Waals surface area (Å²) in [5, 5.41) is 0.818. The van der Waals surface area contributed by atoms with Gasteiger partial charge in [0.1, 0.15) is 5.58 Å². The lowest BCUT2D eigenvalue weighted by molar-refractivity contribution is 0.605. The first kappa shape index (κ1) is 9.08. The van der Waals surface area contributed by atoms with Gasteiger partial charge in [0, 0.05) is 11.1 Å². The molecule has 0 unspecified atom stereocenters. The van der Waals surface area contributed by atoms with Crippen molar-refractivity contribution in [3.8, 4) is 0 Å². The number of rotatable bonds is 2. The van der Waals surface area contributed by atoms with E-state index in [0.717, 1.165) is 11.6 Å². The number of hydrogen-bond donors (Lipinski definition) is 1. The minimum atomic E-state index is -3.22. The SMILES string of the molecule is CS(=O)(=O)Nc1ccc2o[c]cc2c1. The molecule has 2 rings (SSSR count). The van der Waals surface area contributed by atoms with E-state index >= 15 is 0 Å². The van der Waals surface area contributed by atoms with E-state index in [2.05, 4.69) is 11.0 Å². The van der Waals surface area contributed by atoms with Gasteiger partial charge in [-0.25, -0.2) is 8.42 Å². The van der Waals surface area contributed by atoms with Gasteiger partial charge < -0.3 is 4.42 Å². The standard InChI is InChI=1S/C9H8NO3S/c1-14(11,12)10-8-2-3-9-7(6-8)4-5-13-9/h2-4,6,10H,1H3. The molecule has 1 heterocycles. The number of nitrogens with one attached hydrogen (secondary N) is 1. The first-order valence-corrected chi connectivity index (χ1v) is 5.81. The first-order valence-electron chi connectivity index (χ1n) is 3.92. The van der Waals surface area contributed by atoms with Gasteiger partial charge in [0.25, 0.3) is 0 Å². The maximum Gasteiger partial charge on any atom is 0.229 e. The van der Waals surface area contributed by atoms with Crippen LogP contribution < -0.4 is 4.72 Å². The van der Waals surface area contributed by atoms with Gasteiger partial charge in [-0.2, -0.15) is 0 Å². The van der Waals surface area contributed by atoms with E-state index < -0.39 is 10.0 Å². The molecule has 1 N–H and O–H groups in total. The topological polar surface area (TPSA) is 59.3 Å². The van der Waals surface area contributed by atoms with Crippen LogP contribution in [0.15, 0.2) is 28.7 Å². The normalized spacial score (nSPS) is 11.8. The van der Waals surface area contributed by atoms with Crippen molar-refractivity contribution < 1.29 is 12.8 Å². The van der Waals surface area contributed by atoms with Gasteiger partial charge in [0.15, 0.2) is 6.26 Å². The van der Waals surface area contributed by atoms with Gasteiger partial charge in [-0.05, 0) is 24.3 Å². The smallest absolute Gasteiger partial charge is 0.229 e. The summed E-state index contributed by atoms with van der Waals surface area (Å²) >= 11 is 0. The predicted octanol–water partition coefficient (Wildman–Crippen LogP) is 1.60. The van der Waals surface area contributed by atoms with Crippen molar-refractivity contribution in [3.05, 3.63) is 30.5 Å². The second-order valence-electron chi connectivity index (χ2n) is 2.99. The van der Waals surface area contributed by atoms with Gasteiger partial charge in [0.2, 0.25) is 10.0 Å². The maximum absolute atomic E-state index is 10.9. The highest BCUT2D eigenvalue weighted by atomic mass is 32.2. The van der Waals surface area contributed by atoms with Crippen LogP contribution in [0.5, 0.6) is 0 Å². The van der Waals surface area contributed by atoms with E-state index in [0.29, 0.717) is 11.3 Å². The van der Waals surface area contributed by atoms with Crippen molar-refractivity contribution >= 4 is 26.7 Å². The Morgan fingerprint density at radius 2 is 2.21 bits per heavy atom. The summed E-state index contributed by atoms with van der Waals surface area (Å²) in [6.45, 7) is 0. The van der Waals surface area contributed by atoms with Crippen molar-refractivity contribution in [1.82, 2.24) is 0 Å². The molecule has 0 aliphatic rings. The third-order valence-electron chi connectivity index (χ3n) is 1.70. The molecule has 5 heteroatoms. The van der Waals surface area contributed by atoms with Gasteiger partial charge in [0.05, 0.1) is 6.26 Å². The summed E-state index contributed by atoms with van der Waals surface area (Å²) in [4.78, 5) is 0. The van der Waals surface area contributed by atoms with Crippen LogP contribution in [0.1, 0.15) is 0 Å². The fourth-order valence-electron chi connectivity index (χ4n) is 1.19. The molecule has 0 aliphatic carbocycles. The molecule has 2 aromatic rings. The largest absolute Gasteiger partial charge is 0.453 e. The van der Waals surface area contributed by atoms with Crippen LogP contribution in [-0.4, -0.2) is 14.7 Å². The van der Waals surface area contributed by atoms with Crippen LogP contribution >= 0.6 is 0 Å². The fourth-order valence-corrected chi connectivity index (χ4v) is 1.74. The number of furan rings is 1. The van der Waals surface area contributed by atoms with Crippen LogP contribution in [0, 0.1) is 6.26 Å². The Balaban J connectivity index is 2.44. The molecular weight excluding hydrogens is 202 g/mol. The zero-order valence-electron chi connectivity index (χ0n) is 7.44. The molecule has 0 saturated carbocycles. The number of fused-ring (bicyclic) bond motifs is 1. The van der Waals surface area contributed by atoms with Crippen molar-refractivity contribution in [1.29, 1.82) is 0 Å². The molecule has 1 aromatic heterocycles. The Bertz CT molecular complexity index is 556. The Labute approximate surface area is 81.6 Å². The van der Waals surface area contributed by atoms with Crippen molar-refractivity contribution in [3.63, 3.8) is 0 Å². The number of anilines is 1. The lowest BCUT2D eigenvalue weighted by Gasteiger charge is -2.02. The Kier molecular flexibility index (Phi) is 1.96. The quantitative estimate of drug-likeness (QED) is 0.819. The Morgan fingerprint density at radius 3 is 2.93 bits per heavy atom. The second kappa shape index (κ2) is 3.02. The summed E-state index contributed by atoms with van der Waals surface area (Å²) in [6.07, 6.45) is 3.69. The first-order chi connectivity index (χ1) is 6.54. The van der Waals surface area contributed by atoms with Gasteiger partial charge in [-0.3, -0.25) is 4.72 Å². The molecule has 73 valence electrons. The summed E-state index contributed by atoms with van der Waals surface area (Å²) < 4.78 is 29.2. The molecule has 1 radical (unpaired) electrons. The van der Waals surface area contributed by atoms with E-state index in [9.17, 15) is 8.42 Å². The summed E-state index contributed by atoms with van der Waals surface area (Å²) in [6, 6.07) is 6.68. The molecule has 0 atom stereocenters. The summed E-state index contributed by atoms with van der Waals surface area (Å²) in [7, 11) is -3.22. The lowest BCUT2D eigenvalue weighted by atomic mass is 10.2. The minimum absolute atomic E-state index is 0.523. The van der Waals surface area contributed by atoms with Crippen LogP contribution in [0.2, 0.25) is 0 Å². The Hall–Kier alpha value is -1.49. The molecule has 0 fully saturated rings. The lowest BCUT2D eigenvalue weighted by Crippen LogP contribution is -2.09. The zero-order chi connectivity index (χ0) is 10.2. The molecule has 1 aromatic carbocycles. The van der Waals surface area contributed by atoms with E-state index in [1.807, 2.05) is 0 Å². The molecule has 14 heavy (non-hydrogen) atoms. The van der Waals surface area contributed by atoms with Crippen molar-refractivity contribution in [2.75, 3.05) is 11.0 Å². The highest BCUT2D eigenvalue weighted by molar-refractivity contribution is 7.92. The average Bonchev–Trinajstić information content (AvgIpc) is 2.47. The van der Waals surface area contributed by atoms with E-state index in [-0.39, 0.29) is 0 Å². The van der Waals surface area contributed by atoms with Crippen LogP contribution in [0.3, 0.4) is 0 Å². The molecule has 0 saturated heterocycles. The molecule has 0 aliphatic heterocycles. The average molecular weight is 210 g/mol. The van der Waals surface area contributed by atoms with Gasteiger partial charge in [-0.1, -0.05) is 0 Å². The second-order valence-corrected chi connectivity index (χ2v) is 4.74. The summed E-state index contributed by atoms with van der Waals surface area (Å²) in [5.41, 5.74) is 1.21. The minimum Gasteiger partial charge on any atom is -0.453 e. The zero-order valence-corrected chi connectivity index (χ0v) is 8.26. The highest BCUT2D eigenvalue weighted by Gasteiger charge is 2.03. The van der Waals surface area contributed by atoms with Gasteiger partial charge >= 0.3 is 0 Å². The van der Waals surface area contributed by atoms with E-state index in [1.165, 1.54) is 0 Å². The highest BCUT2D eigenvalue weighted by Crippen LogP contribution is 2.19. The number of benzene rings is 1. The molecule has 4 nitrogen and oxygen atoms in total. The monoisotopic (exact) mass is 210 g/mol. The van der Waals surface area contributed by atoms with Crippen molar-refractivity contribution in [2.45, 2.75) is 0 Å². The molecule has 0 amide bonds. The maximum atomic E-state index is 10.9. The predicted molar refractivity (Wildman–Crippen MR) is 53.5 cm³/mol. The molecule has 0 bridgehead atoms. The number of sulfonamides is 1. The summed E-state index contributed by atoms with van der Waals surface area (Å²) in [5.74, 6) is 0.